The summed E-state index contributed by atoms with van der Waals surface area (Å²) >= 11 is 0. The summed E-state index contributed by atoms with van der Waals surface area (Å²) in [4.78, 5) is 12.5. The Labute approximate surface area is 194 Å². The van der Waals surface area contributed by atoms with Gasteiger partial charge in [-0.1, -0.05) is 42.5 Å². The first-order valence-corrected chi connectivity index (χ1v) is 10.3. The maximum atomic E-state index is 12.5. The fourth-order valence-corrected chi connectivity index (χ4v) is 3.21. The fraction of sp³-hybridized carbons (Fsp3) is 0.148. The summed E-state index contributed by atoms with van der Waals surface area (Å²) in [5, 5.41) is 2.93. The highest BCUT2D eigenvalue weighted by atomic mass is 16.5. The molecule has 33 heavy (non-hydrogen) atoms. The number of methoxy groups -OCH3 is 4. The molecule has 3 aromatic rings. The highest BCUT2D eigenvalue weighted by molar-refractivity contribution is 6.03. The molecule has 0 heterocycles. The van der Waals surface area contributed by atoms with Crippen molar-refractivity contribution in [2.75, 3.05) is 33.8 Å². The summed E-state index contributed by atoms with van der Waals surface area (Å²) < 4.78 is 21.5. The first-order valence-electron chi connectivity index (χ1n) is 10.3. The third-order valence-corrected chi connectivity index (χ3v) is 4.89. The number of carbonyl (C=O) groups excluding carboxylic acids is 1. The normalized spacial score (nSPS) is 10.9. The Morgan fingerprint density at radius 2 is 1.42 bits per heavy atom. The smallest absolute Gasteiger partial charge is 0.248 e. The molecule has 0 radical (unpaired) electrons. The molecule has 0 unspecified atom stereocenters. The van der Waals surface area contributed by atoms with E-state index in [2.05, 4.69) is 5.32 Å². The molecule has 1 N–H and O–H groups in total. The van der Waals surface area contributed by atoms with E-state index < -0.39 is 0 Å². The maximum Gasteiger partial charge on any atom is 0.248 e. The van der Waals surface area contributed by atoms with Crippen LogP contribution in [0.15, 0.2) is 66.7 Å². The van der Waals surface area contributed by atoms with E-state index in [4.69, 9.17) is 18.9 Å². The molecule has 0 atom stereocenters. The standard InChI is InChI=1S/C27H27NO5/c1-30-22-14-13-21(12-10-20-16-24(31-2)27(33-4)25(17-20)32-3)23(18-22)28-26(29)15-11-19-8-6-5-7-9-19/h5-18H,1-4H3,(H,28,29). The van der Waals surface area contributed by atoms with Crippen molar-refractivity contribution in [3.63, 3.8) is 0 Å². The first-order chi connectivity index (χ1) is 16.1. The predicted molar refractivity (Wildman–Crippen MR) is 132 cm³/mol. The molecule has 170 valence electrons. The molecular formula is C27H27NO5. The fourth-order valence-electron chi connectivity index (χ4n) is 3.21. The number of carbonyl (C=O) groups is 1. The van der Waals surface area contributed by atoms with Crippen LogP contribution in [0.5, 0.6) is 23.0 Å². The molecule has 0 aromatic heterocycles. The minimum absolute atomic E-state index is 0.241. The monoisotopic (exact) mass is 445 g/mol. The molecule has 0 spiro atoms. The molecule has 0 aliphatic rings. The van der Waals surface area contributed by atoms with Gasteiger partial charge in [0.15, 0.2) is 11.5 Å². The number of ether oxygens (including phenoxy) is 4. The van der Waals surface area contributed by atoms with E-state index in [1.54, 1.807) is 40.6 Å². The van der Waals surface area contributed by atoms with E-state index in [1.807, 2.05) is 66.7 Å². The van der Waals surface area contributed by atoms with Gasteiger partial charge in [0.1, 0.15) is 5.75 Å². The molecule has 0 fully saturated rings. The molecule has 0 bridgehead atoms. The molecule has 6 heteroatoms. The molecule has 1 amide bonds. The van der Waals surface area contributed by atoms with Crippen molar-refractivity contribution < 1.29 is 23.7 Å². The lowest BCUT2D eigenvalue weighted by molar-refractivity contribution is -0.111. The number of amides is 1. The number of hydrogen-bond donors (Lipinski definition) is 1. The van der Waals surface area contributed by atoms with Crippen LogP contribution in [0.3, 0.4) is 0 Å². The predicted octanol–water partition coefficient (Wildman–Crippen LogP) is 5.54. The van der Waals surface area contributed by atoms with Crippen molar-refractivity contribution in [2.24, 2.45) is 0 Å². The number of nitrogens with one attached hydrogen (secondary N) is 1. The Hall–Kier alpha value is -4.19. The second kappa shape index (κ2) is 11.4. The van der Waals surface area contributed by atoms with Gasteiger partial charge in [0.25, 0.3) is 0 Å². The zero-order valence-corrected chi connectivity index (χ0v) is 19.1. The van der Waals surface area contributed by atoms with E-state index in [-0.39, 0.29) is 5.91 Å². The van der Waals surface area contributed by atoms with Crippen molar-refractivity contribution in [3.05, 3.63) is 83.4 Å². The van der Waals surface area contributed by atoms with Crippen LogP contribution < -0.4 is 24.3 Å². The highest BCUT2D eigenvalue weighted by Gasteiger charge is 2.12. The molecule has 6 nitrogen and oxygen atoms in total. The SMILES string of the molecule is COc1ccc(C=Cc2cc(OC)c(OC)c(OC)c2)c(NC(=O)C=Cc2ccccc2)c1. The minimum atomic E-state index is -0.241. The zero-order valence-electron chi connectivity index (χ0n) is 19.1. The van der Waals surface area contributed by atoms with E-state index in [1.165, 1.54) is 6.08 Å². The topological polar surface area (TPSA) is 66.0 Å². The van der Waals surface area contributed by atoms with Gasteiger partial charge in [0.05, 0.1) is 34.1 Å². The summed E-state index contributed by atoms with van der Waals surface area (Å²) in [5.41, 5.74) is 3.23. The molecule has 0 aliphatic carbocycles. The number of anilines is 1. The van der Waals surface area contributed by atoms with Crippen molar-refractivity contribution in [1.29, 1.82) is 0 Å². The molecular weight excluding hydrogens is 418 g/mol. The average Bonchev–Trinajstić information content (AvgIpc) is 2.86. The largest absolute Gasteiger partial charge is 0.497 e. The highest BCUT2D eigenvalue weighted by Crippen LogP contribution is 2.38. The Balaban J connectivity index is 1.87. The number of hydrogen-bond acceptors (Lipinski definition) is 5. The van der Waals surface area contributed by atoms with Crippen molar-refractivity contribution in [3.8, 4) is 23.0 Å². The molecule has 0 aliphatic heterocycles. The van der Waals surface area contributed by atoms with Crippen LogP contribution in [0, 0.1) is 0 Å². The lowest BCUT2D eigenvalue weighted by Crippen LogP contribution is -2.09. The molecule has 3 aromatic carbocycles. The summed E-state index contributed by atoms with van der Waals surface area (Å²) in [5.74, 6) is 2.05. The Morgan fingerprint density at radius 1 is 0.727 bits per heavy atom. The molecule has 0 saturated carbocycles. The molecule has 0 saturated heterocycles. The van der Waals surface area contributed by atoms with E-state index in [0.29, 0.717) is 28.7 Å². The second-order valence-electron chi connectivity index (χ2n) is 6.98. The van der Waals surface area contributed by atoms with Gasteiger partial charge in [-0.25, -0.2) is 0 Å². The second-order valence-corrected chi connectivity index (χ2v) is 6.98. The van der Waals surface area contributed by atoms with Crippen molar-refractivity contribution in [1.82, 2.24) is 0 Å². The van der Waals surface area contributed by atoms with E-state index in [9.17, 15) is 4.79 Å². The van der Waals surface area contributed by atoms with Crippen molar-refractivity contribution in [2.45, 2.75) is 0 Å². The first kappa shape index (κ1) is 23.5. The van der Waals surface area contributed by atoms with Gasteiger partial charge in [-0.3, -0.25) is 4.79 Å². The van der Waals surface area contributed by atoms with Crippen LogP contribution in [0.4, 0.5) is 5.69 Å². The minimum Gasteiger partial charge on any atom is -0.497 e. The summed E-state index contributed by atoms with van der Waals surface area (Å²) in [6.45, 7) is 0. The van der Waals surface area contributed by atoms with Gasteiger partial charge < -0.3 is 24.3 Å². The van der Waals surface area contributed by atoms with E-state index in [0.717, 1.165) is 16.7 Å². The maximum absolute atomic E-state index is 12.5. The Bertz CT molecular complexity index is 1130. The van der Waals surface area contributed by atoms with E-state index >= 15 is 0 Å². The summed E-state index contributed by atoms with van der Waals surface area (Å²) in [7, 11) is 6.30. The lowest BCUT2D eigenvalue weighted by Gasteiger charge is -2.13. The zero-order chi connectivity index (χ0) is 23.6. The van der Waals surface area contributed by atoms with Gasteiger partial charge >= 0.3 is 0 Å². The van der Waals surface area contributed by atoms with Gasteiger partial charge in [-0.15, -0.1) is 0 Å². The van der Waals surface area contributed by atoms with Crippen LogP contribution in [-0.4, -0.2) is 34.3 Å². The average molecular weight is 446 g/mol. The van der Waals surface area contributed by atoms with Crippen LogP contribution in [0.25, 0.3) is 18.2 Å². The number of rotatable bonds is 9. The Morgan fingerprint density at radius 3 is 2.03 bits per heavy atom. The Kier molecular flexibility index (Phi) is 8.13. The third kappa shape index (κ3) is 6.17. The third-order valence-electron chi connectivity index (χ3n) is 4.89. The number of benzene rings is 3. The summed E-state index contributed by atoms with van der Waals surface area (Å²) in [6, 6.07) is 18.8. The van der Waals surface area contributed by atoms with Crippen molar-refractivity contribution >= 4 is 29.8 Å². The van der Waals surface area contributed by atoms with Crippen LogP contribution >= 0.6 is 0 Å². The quantitative estimate of drug-likeness (QED) is 0.346. The van der Waals surface area contributed by atoms with Gasteiger partial charge in [-0.05, 0) is 47.0 Å². The van der Waals surface area contributed by atoms with Gasteiger partial charge in [0, 0.05) is 12.1 Å². The lowest BCUT2D eigenvalue weighted by atomic mass is 10.1. The van der Waals surface area contributed by atoms with Gasteiger partial charge in [-0.2, -0.15) is 0 Å². The molecule has 3 rings (SSSR count). The van der Waals surface area contributed by atoms with Crippen LogP contribution in [-0.2, 0) is 4.79 Å². The van der Waals surface area contributed by atoms with Crippen LogP contribution in [0.2, 0.25) is 0 Å². The summed E-state index contributed by atoms with van der Waals surface area (Å²) in [6.07, 6.45) is 7.07. The van der Waals surface area contributed by atoms with Crippen LogP contribution in [0.1, 0.15) is 16.7 Å². The van der Waals surface area contributed by atoms with Gasteiger partial charge in [0.2, 0.25) is 11.7 Å².